The predicted octanol–water partition coefficient (Wildman–Crippen LogP) is 5.37. The topological polar surface area (TPSA) is 112 Å². The van der Waals surface area contributed by atoms with Crippen molar-refractivity contribution in [3.8, 4) is 17.2 Å². The first-order chi connectivity index (χ1) is 16.3. The monoisotopic (exact) mass is 547 g/mol. The zero-order valence-corrected chi connectivity index (χ0v) is 20.4. The van der Waals surface area contributed by atoms with Gasteiger partial charge in [-0.05, 0) is 45.8 Å². The van der Waals surface area contributed by atoms with Gasteiger partial charge in [-0.1, -0.05) is 29.8 Å². The standard InChI is InChI=1S/C23H19BrClN3O6/c1-32-20-8-7-16(28(30)31)11-17(20)23(29)27-26-12-14-9-18(24)22(21(10-14)33-2)34-13-15-5-3-4-6-19(15)25/h3-12H,13H2,1-2H3,(H,27,29)/b26-12-. The number of rotatable bonds is 9. The zero-order valence-electron chi connectivity index (χ0n) is 18.1. The van der Waals surface area contributed by atoms with Gasteiger partial charge in [-0.25, -0.2) is 5.43 Å². The molecule has 0 aliphatic carbocycles. The van der Waals surface area contributed by atoms with E-state index in [0.717, 1.165) is 11.6 Å². The van der Waals surface area contributed by atoms with E-state index in [1.54, 1.807) is 18.2 Å². The van der Waals surface area contributed by atoms with E-state index < -0.39 is 10.8 Å². The lowest BCUT2D eigenvalue weighted by atomic mass is 10.1. The molecule has 0 radical (unpaired) electrons. The maximum absolute atomic E-state index is 12.5. The summed E-state index contributed by atoms with van der Waals surface area (Å²) in [5.41, 5.74) is 3.50. The van der Waals surface area contributed by atoms with E-state index in [2.05, 4.69) is 26.5 Å². The SMILES string of the molecule is COc1ccc([N+](=O)[O-])cc1C(=O)N/N=C\c1cc(Br)c(OCc2ccccc2Cl)c(OC)c1. The molecule has 1 N–H and O–H groups in total. The minimum Gasteiger partial charge on any atom is -0.496 e. The van der Waals surface area contributed by atoms with Crippen molar-refractivity contribution in [3.63, 3.8) is 0 Å². The molecule has 0 spiro atoms. The normalized spacial score (nSPS) is 10.7. The average Bonchev–Trinajstić information content (AvgIpc) is 2.83. The highest BCUT2D eigenvalue weighted by Crippen LogP contribution is 2.37. The molecule has 34 heavy (non-hydrogen) atoms. The fraction of sp³-hybridized carbons (Fsp3) is 0.130. The van der Waals surface area contributed by atoms with Gasteiger partial charge < -0.3 is 14.2 Å². The van der Waals surface area contributed by atoms with Crippen LogP contribution in [0, 0.1) is 10.1 Å². The Morgan fingerprint density at radius 1 is 1.15 bits per heavy atom. The first kappa shape index (κ1) is 25.0. The van der Waals surface area contributed by atoms with Crippen LogP contribution in [0.5, 0.6) is 17.2 Å². The fourth-order valence-electron chi connectivity index (χ4n) is 2.93. The van der Waals surface area contributed by atoms with Gasteiger partial charge in [-0.15, -0.1) is 0 Å². The van der Waals surface area contributed by atoms with Crippen LogP contribution >= 0.6 is 27.5 Å². The predicted molar refractivity (Wildman–Crippen MR) is 131 cm³/mol. The molecule has 0 aliphatic rings. The molecular weight excluding hydrogens is 530 g/mol. The van der Waals surface area contributed by atoms with E-state index in [0.29, 0.717) is 26.6 Å². The Bertz CT molecular complexity index is 1250. The molecule has 176 valence electrons. The molecule has 0 saturated heterocycles. The number of halogens is 2. The van der Waals surface area contributed by atoms with Gasteiger partial charge >= 0.3 is 0 Å². The quantitative estimate of drug-likeness (QED) is 0.219. The van der Waals surface area contributed by atoms with Crippen molar-refractivity contribution in [1.29, 1.82) is 0 Å². The number of hydrazone groups is 1. The molecule has 0 fully saturated rings. The van der Waals surface area contributed by atoms with Crippen molar-refractivity contribution in [2.75, 3.05) is 14.2 Å². The second kappa shape index (κ2) is 11.5. The number of nitrogens with one attached hydrogen (secondary N) is 1. The van der Waals surface area contributed by atoms with Gasteiger partial charge in [-0.3, -0.25) is 14.9 Å². The molecule has 0 heterocycles. The number of ether oxygens (including phenoxy) is 3. The van der Waals surface area contributed by atoms with Crippen LogP contribution in [-0.2, 0) is 6.61 Å². The Kier molecular flexibility index (Phi) is 8.44. The third kappa shape index (κ3) is 6.03. The van der Waals surface area contributed by atoms with Gasteiger partial charge in [0.15, 0.2) is 11.5 Å². The summed E-state index contributed by atoms with van der Waals surface area (Å²) in [7, 11) is 2.86. The summed E-state index contributed by atoms with van der Waals surface area (Å²) < 4.78 is 17.0. The lowest BCUT2D eigenvalue weighted by Crippen LogP contribution is -2.18. The van der Waals surface area contributed by atoms with E-state index >= 15 is 0 Å². The summed E-state index contributed by atoms with van der Waals surface area (Å²) in [6, 6.07) is 14.5. The Hall–Kier alpha value is -3.63. The molecule has 3 rings (SSSR count). The Labute approximate surface area is 208 Å². The molecular formula is C23H19BrClN3O6. The lowest BCUT2D eigenvalue weighted by molar-refractivity contribution is -0.384. The average molecular weight is 549 g/mol. The summed E-state index contributed by atoms with van der Waals surface area (Å²) >= 11 is 9.64. The number of nitrogens with zero attached hydrogens (tertiary/aromatic N) is 2. The van der Waals surface area contributed by atoms with Gasteiger partial charge in [0.05, 0.1) is 35.4 Å². The highest BCUT2D eigenvalue weighted by atomic mass is 79.9. The van der Waals surface area contributed by atoms with Crippen LogP contribution in [0.3, 0.4) is 0 Å². The van der Waals surface area contributed by atoms with Crippen LogP contribution in [-0.4, -0.2) is 31.3 Å². The number of hydrogen-bond donors (Lipinski definition) is 1. The number of hydrogen-bond acceptors (Lipinski definition) is 7. The van der Waals surface area contributed by atoms with Crippen molar-refractivity contribution in [3.05, 3.63) is 90.9 Å². The van der Waals surface area contributed by atoms with Crippen molar-refractivity contribution in [2.24, 2.45) is 5.10 Å². The minimum atomic E-state index is -0.664. The van der Waals surface area contributed by atoms with Crippen molar-refractivity contribution < 1.29 is 23.9 Å². The van der Waals surface area contributed by atoms with E-state index in [9.17, 15) is 14.9 Å². The molecule has 11 heteroatoms. The minimum absolute atomic E-state index is 0.0177. The van der Waals surface area contributed by atoms with Gasteiger partial charge in [0, 0.05) is 22.7 Å². The molecule has 1 amide bonds. The molecule has 0 saturated carbocycles. The highest BCUT2D eigenvalue weighted by molar-refractivity contribution is 9.10. The number of carbonyl (C=O) groups is 1. The van der Waals surface area contributed by atoms with Gasteiger partial charge in [0.25, 0.3) is 11.6 Å². The van der Waals surface area contributed by atoms with E-state index in [4.69, 9.17) is 25.8 Å². The molecule has 0 bridgehead atoms. The number of benzene rings is 3. The molecule has 0 unspecified atom stereocenters. The van der Waals surface area contributed by atoms with Crippen molar-refractivity contribution in [2.45, 2.75) is 6.61 Å². The molecule has 9 nitrogen and oxygen atoms in total. The van der Waals surface area contributed by atoms with E-state index in [-0.39, 0.29) is 23.6 Å². The third-order valence-electron chi connectivity index (χ3n) is 4.60. The smallest absolute Gasteiger partial charge is 0.275 e. The summed E-state index contributed by atoms with van der Waals surface area (Å²) in [5.74, 6) is 0.435. The first-order valence-corrected chi connectivity index (χ1v) is 10.9. The Morgan fingerprint density at radius 3 is 2.56 bits per heavy atom. The van der Waals surface area contributed by atoms with E-state index in [1.807, 2.05) is 18.2 Å². The largest absolute Gasteiger partial charge is 0.496 e. The summed E-state index contributed by atoms with van der Waals surface area (Å²) in [6.07, 6.45) is 1.40. The molecule has 3 aromatic carbocycles. The fourth-order valence-corrected chi connectivity index (χ4v) is 3.70. The van der Waals surface area contributed by atoms with Crippen LogP contribution in [0.25, 0.3) is 0 Å². The summed E-state index contributed by atoms with van der Waals surface area (Å²) in [5, 5.41) is 15.5. The maximum atomic E-state index is 12.5. The number of nitro benzene ring substituents is 1. The third-order valence-corrected chi connectivity index (χ3v) is 5.56. The van der Waals surface area contributed by atoms with Crippen LogP contribution in [0.4, 0.5) is 5.69 Å². The number of non-ortho nitro benzene ring substituents is 1. The van der Waals surface area contributed by atoms with Crippen LogP contribution in [0.15, 0.2) is 64.2 Å². The molecule has 0 aliphatic heterocycles. The second-order valence-corrected chi connectivity index (χ2v) is 8.02. The van der Waals surface area contributed by atoms with E-state index in [1.165, 1.54) is 32.6 Å². The second-order valence-electron chi connectivity index (χ2n) is 6.76. The van der Waals surface area contributed by atoms with Gasteiger partial charge in [0.1, 0.15) is 12.4 Å². The Morgan fingerprint density at radius 2 is 1.88 bits per heavy atom. The number of methoxy groups -OCH3 is 2. The van der Waals surface area contributed by atoms with Gasteiger partial charge in [0.2, 0.25) is 0 Å². The summed E-state index contributed by atoms with van der Waals surface area (Å²) in [6.45, 7) is 0.239. The zero-order chi connectivity index (χ0) is 24.7. The van der Waals surface area contributed by atoms with Crippen molar-refractivity contribution >= 4 is 45.3 Å². The number of carbonyl (C=O) groups excluding carboxylic acids is 1. The lowest BCUT2D eigenvalue weighted by Gasteiger charge is -2.14. The van der Waals surface area contributed by atoms with Crippen LogP contribution < -0.4 is 19.6 Å². The molecule has 3 aromatic rings. The van der Waals surface area contributed by atoms with Gasteiger partial charge in [-0.2, -0.15) is 5.10 Å². The van der Waals surface area contributed by atoms with Crippen LogP contribution in [0.1, 0.15) is 21.5 Å². The number of amides is 1. The first-order valence-electron chi connectivity index (χ1n) is 9.73. The van der Waals surface area contributed by atoms with Crippen LogP contribution in [0.2, 0.25) is 5.02 Å². The highest BCUT2D eigenvalue weighted by Gasteiger charge is 2.17. The van der Waals surface area contributed by atoms with Crippen molar-refractivity contribution in [1.82, 2.24) is 5.43 Å². The summed E-state index contributed by atoms with van der Waals surface area (Å²) in [4.78, 5) is 22.9. The molecule has 0 atom stereocenters. The molecule has 0 aromatic heterocycles. The Balaban J connectivity index is 1.75. The maximum Gasteiger partial charge on any atom is 0.275 e. The number of nitro groups is 1.